The molecule has 1 unspecified atom stereocenters. The van der Waals surface area contributed by atoms with Crippen molar-refractivity contribution < 1.29 is 19.4 Å². The predicted molar refractivity (Wildman–Crippen MR) is 102 cm³/mol. The molecule has 0 heterocycles. The summed E-state index contributed by atoms with van der Waals surface area (Å²) >= 11 is 5.86. The summed E-state index contributed by atoms with van der Waals surface area (Å²) in [6.07, 6.45) is -0.600. The third-order valence-electron chi connectivity index (χ3n) is 4.00. The van der Waals surface area contributed by atoms with Crippen LogP contribution in [0.5, 0.6) is 5.75 Å². The van der Waals surface area contributed by atoms with Crippen LogP contribution in [-0.2, 0) is 16.1 Å². The van der Waals surface area contributed by atoms with Gasteiger partial charge in [0.25, 0.3) is 0 Å². The molecule has 0 aliphatic carbocycles. The first-order valence-electron chi connectivity index (χ1n) is 8.34. The Bertz CT molecular complexity index is 723. The van der Waals surface area contributed by atoms with Crippen molar-refractivity contribution in [1.29, 1.82) is 0 Å². The van der Waals surface area contributed by atoms with Crippen LogP contribution in [0.15, 0.2) is 36.4 Å². The number of aliphatic hydroxyl groups is 1. The molecule has 5 nitrogen and oxygen atoms in total. The molecule has 2 rings (SSSR count). The van der Waals surface area contributed by atoms with Crippen molar-refractivity contribution in [3.63, 3.8) is 0 Å². The molecular weight excluding hydrogens is 354 g/mol. The Hall–Kier alpha value is -2.08. The van der Waals surface area contributed by atoms with Crippen molar-refractivity contribution in [3.8, 4) is 5.75 Å². The smallest absolute Gasteiger partial charge is 0.343 e. The average molecular weight is 378 g/mol. The van der Waals surface area contributed by atoms with Gasteiger partial charge in [0.1, 0.15) is 5.75 Å². The van der Waals surface area contributed by atoms with Crippen molar-refractivity contribution in [2.45, 2.75) is 26.5 Å². The summed E-state index contributed by atoms with van der Waals surface area (Å²) in [5, 5.41) is 14.1. The van der Waals surface area contributed by atoms with Gasteiger partial charge in [-0.1, -0.05) is 35.9 Å². The summed E-state index contributed by atoms with van der Waals surface area (Å²) in [6, 6.07) is 11.2. The van der Waals surface area contributed by atoms with Crippen LogP contribution in [0.2, 0.25) is 5.02 Å². The van der Waals surface area contributed by atoms with Gasteiger partial charge in [-0.15, -0.1) is 0 Å². The molecule has 0 amide bonds. The van der Waals surface area contributed by atoms with E-state index in [1.54, 1.807) is 12.1 Å². The van der Waals surface area contributed by atoms with E-state index >= 15 is 0 Å². The Labute approximate surface area is 158 Å². The number of benzene rings is 2. The molecule has 0 bridgehead atoms. The van der Waals surface area contributed by atoms with E-state index in [1.807, 2.05) is 38.1 Å². The number of nitrogens with one attached hydrogen (secondary N) is 1. The van der Waals surface area contributed by atoms with E-state index in [0.717, 1.165) is 22.3 Å². The molecule has 0 saturated carbocycles. The molecule has 0 aliphatic rings. The molecule has 6 heteroatoms. The maximum absolute atomic E-state index is 11.2. The second-order valence-corrected chi connectivity index (χ2v) is 6.56. The second kappa shape index (κ2) is 9.57. The second-order valence-electron chi connectivity index (χ2n) is 6.12. The Balaban J connectivity index is 1.91. The Kier molecular flexibility index (Phi) is 7.45. The highest BCUT2D eigenvalue weighted by atomic mass is 35.5. The normalized spacial score (nSPS) is 11.9. The lowest BCUT2D eigenvalue weighted by molar-refractivity contribution is -0.142. The minimum Gasteiger partial charge on any atom is -0.481 e. The molecule has 0 radical (unpaired) electrons. The van der Waals surface area contributed by atoms with E-state index < -0.39 is 12.1 Å². The van der Waals surface area contributed by atoms with Gasteiger partial charge in [0.05, 0.1) is 13.2 Å². The van der Waals surface area contributed by atoms with Crippen LogP contribution in [0.3, 0.4) is 0 Å². The molecule has 2 aromatic rings. The number of aryl methyl sites for hydroxylation is 2. The maximum Gasteiger partial charge on any atom is 0.343 e. The number of halogens is 1. The number of carbonyl (C=O) groups is 1. The lowest BCUT2D eigenvalue weighted by atomic mass is 10.1. The Morgan fingerprint density at radius 3 is 2.38 bits per heavy atom. The summed E-state index contributed by atoms with van der Waals surface area (Å²) in [7, 11) is 1.33. The van der Waals surface area contributed by atoms with Crippen LogP contribution in [0.25, 0.3) is 0 Å². The lowest BCUT2D eigenvalue weighted by Crippen LogP contribution is -2.21. The zero-order valence-electron chi connectivity index (χ0n) is 15.2. The topological polar surface area (TPSA) is 67.8 Å². The van der Waals surface area contributed by atoms with E-state index in [2.05, 4.69) is 10.1 Å². The van der Waals surface area contributed by atoms with Crippen LogP contribution in [0.4, 0.5) is 0 Å². The molecule has 0 fully saturated rings. The van der Waals surface area contributed by atoms with E-state index in [9.17, 15) is 9.90 Å². The monoisotopic (exact) mass is 377 g/mol. The number of hydrogen-bond acceptors (Lipinski definition) is 5. The van der Waals surface area contributed by atoms with Gasteiger partial charge in [0.2, 0.25) is 0 Å². The van der Waals surface area contributed by atoms with Gasteiger partial charge in [0, 0.05) is 18.1 Å². The molecule has 1 atom stereocenters. The van der Waals surface area contributed by atoms with Crippen LogP contribution in [0.1, 0.15) is 28.4 Å². The quantitative estimate of drug-likeness (QED) is 0.691. The number of hydrogen-bond donors (Lipinski definition) is 2. The Morgan fingerprint density at radius 2 is 1.81 bits per heavy atom. The minimum atomic E-state index is -0.600. The molecule has 0 spiro atoms. The Morgan fingerprint density at radius 1 is 1.19 bits per heavy atom. The van der Waals surface area contributed by atoms with Gasteiger partial charge >= 0.3 is 5.97 Å². The van der Waals surface area contributed by atoms with E-state index in [4.69, 9.17) is 16.3 Å². The molecular formula is C20H24ClNO4. The minimum absolute atomic E-state index is 0.108. The molecule has 2 aromatic carbocycles. The van der Waals surface area contributed by atoms with E-state index in [-0.39, 0.29) is 6.61 Å². The van der Waals surface area contributed by atoms with Gasteiger partial charge in [-0.3, -0.25) is 0 Å². The first-order chi connectivity index (χ1) is 12.4. The van der Waals surface area contributed by atoms with Crippen molar-refractivity contribution in [1.82, 2.24) is 5.32 Å². The van der Waals surface area contributed by atoms with Crippen LogP contribution in [0, 0.1) is 13.8 Å². The van der Waals surface area contributed by atoms with Gasteiger partial charge < -0.3 is 19.9 Å². The summed E-state index contributed by atoms with van der Waals surface area (Å²) in [5.41, 5.74) is 3.79. The van der Waals surface area contributed by atoms with Gasteiger partial charge in [-0.05, 0) is 48.2 Å². The lowest BCUT2D eigenvalue weighted by Gasteiger charge is -2.15. The number of carbonyl (C=O) groups excluding carboxylic acids is 1. The number of esters is 1. The van der Waals surface area contributed by atoms with Gasteiger partial charge in [0.15, 0.2) is 6.61 Å². The number of aliphatic hydroxyl groups excluding tert-OH is 1. The average Bonchev–Trinajstić information content (AvgIpc) is 2.61. The molecule has 0 aliphatic heterocycles. The van der Waals surface area contributed by atoms with Gasteiger partial charge in [-0.2, -0.15) is 0 Å². The highest BCUT2D eigenvalue weighted by Gasteiger charge is 2.10. The highest BCUT2D eigenvalue weighted by molar-refractivity contribution is 6.30. The van der Waals surface area contributed by atoms with Crippen molar-refractivity contribution in [3.05, 3.63) is 63.7 Å². The fourth-order valence-electron chi connectivity index (χ4n) is 2.72. The zero-order valence-corrected chi connectivity index (χ0v) is 16.0. The fourth-order valence-corrected chi connectivity index (χ4v) is 2.84. The third kappa shape index (κ3) is 5.73. The SMILES string of the molecule is COC(=O)COc1c(C)cc(CNCC(O)c2ccc(Cl)cc2)cc1C. The van der Waals surface area contributed by atoms with E-state index in [1.165, 1.54) is 7.11 Å². The summed E-state index contributed by atoms with van der Waals surface area (Å²) in [5.74, 6) is 0.283. The van der Waals surface area contributed by atoms with Gasteiger partial charge in [-0.25, -0.2) is 4.79 Å². The van der Waals surface area contributed by atoms with Crippen LogP contribution < -0.4 is 10.1 Å². The highest BCUT2D eigenvalue weighted by Crippen LogP contribution is 2.25. The summed E-state index contributed by atoms with van der Waals surface area (Å²) in [4.78, 5) is 11.2. The summed E-state index contributed by atoms with van der Waals surface area (Å²) in [6.45, 7) is 4.81. The molecule has 0 aromatic heterocycles. The van der Waals surface area contributed by atoms with E-state index in [0.29, 0.717) is 23.9 Å². The maximum atomic E-state index is 11.2. The third-order valence-corrected chi connectivity index (χ3v) is 4.26. The zero-order chi connectivity index (χ0) is 19.1. The molecule has 140 valence electrons. The molecule has 26 heavy (non-hydrogen) atoms. The fraction of sp³-hybridized carbons (Fsp3) is 0.350. The van der Waals surface area contributed by atoms with Crippen LogP contribution >= 0.6 is 11.6 Å². The number of ether oxygens (including phenoxy) is 2. The number of rotatable bonds is 8. The van der Waals surface area contributed by atoms with Crippen molar-refractivity contribution in [2.75, 3.05) is 20.3 Å². The summed E-state index contributed by atoms with van der Waals surface area (Å²) < 4.78 is 10.1. The predicted octanol–water partition coefficient (Wildman–Crippen LogP) is 3.33. The molecule has 0 saturated heterocycles. The van der Waals surface area contributed by atoms with Crippen LogP contribution in [-0.4, -0.2) is 31.3 Å². The number of methoxy groups -OCH3 is 1. The van der Waals surface area contributed by atoms with Crippen molar-refractivity contribution in [2.24, 2.45) is 0 Å². The molecule has 2 N–H and O–H groups in total. The van der Waals surface area contributed by atoms with Crippen molar-refractivity contribution >= 4 is 17.6 Å². The largest absolute Gasteiger partial charge is 0.481 e. The first kappa shape index (κ1) is 20.2. The standard InChI is InChI=1S/C20H24ClNO4/c1-13-8-15(9-14(2)20(13)26-12-19(24)25-3)10-22-11-18(23)16-4-6-17(21)7-5-16/h4-9,18,22-23H,10-12H2,1-3H3. The first-order valence-corrected chi connectivity index (χ1v) is 8.72.